The molecule has 0 aliphatic carbocycles. The van der Waals surface area contributed by atoms with E-state index in [1.165, 1.54) is 25.2 Å². The van der Waals surface area contributed by atoms with E-state index in [9.17, 15) is 13.6 Å². The van der Waals surface area contributed by atoms with Crippen LogP contribution >= 0.6 is 15.9 Å². The summed E-state index contributed by atoms with van der Waals surface area (Å²) in [5.74, 6) is -1.25. The van der Waals surface area contributed by atoms with Gasteiger partial charge in [0.25, 0.3) is 11.4 Å². The molecule has 0 amide bonds. The molecular weight excluding hydrogens is 746 g/mol. The molecule has 16 nitrogen and oxygen atoms in total. The molecule has 0 saturated heterocycles. The highest BCUT2D eigenvalue weighted by Gasteiger charge is 2.17. The number of methoxy groups -OCH3 is 1. The maximum atomic E-state index is 13.2. The fourth-order valence-electron chi connectivity index (χ4n) is 4.37. The maximum Gasteiger partial charge on any atom is 0.287 e. The summed E-state index contributed by atoms with van der Waals surface area (Å²) in [4.78, 5) is 33.7. The molecule has 0 bridgehead atoms. The average molecular weight is 772 g/mol. The summed E-state index contributed by atoms with van der Waals surface area (Å²) in [7, 11) is 1.34. The van der Waals surface area contributed by atoms with Crippen molar-refractivity contribution in [1.82, 2.24) is 60.2 Å². The third-order valence-electron chi connectivity index (χ3n) is 6.82. The summed E-state index contributed by atoms with van der Waals surface area (Å²) in [5.41, 5.74) is 4.44. The van der Waals surface area contributed by atoms with Gasteiger partial charge in [-0.3, -0.25) is 24.5 Å². The SMILES string of the molecule is BrCc1cccnc1.COc1nc(-c2cc(-c3ccon3)n[nH]2)ncc1F.O=c1[nH]c(-c2cc(-c3ccon3)n(Cc3ccccn3)n2)ncc1F. The highest BCUT2D eigenvalue weighted by atomic mass is 79.9. The van der Waals surface area contributed by atoms with Gasteiger partial charge in [-0.2, -0.15) is 24.0 Å². The highest BCUT2D eigenvalue weighted by molar-refractivity contribution is 9.08. The number of hydrogen-bond acceptors (Lipinski definition) is 13. The van der Waals surface area contributed by atoms with Crippen molar-refractivity contribution < 1.29 is 22.6 Å². The van der Waals surface area contributed by atoms with Gasteiger partial charge in [-0.25, -0.2) is 9.97 Å². The Labute approximate surface area is 300 Å². The van der Waals surface area contributed by atoms with Crippen LogP contribution in [-0.4, -0.2) is 67.3 Å². The van der Waals surface area contributed by atoms with Gasteiger partial charge in [0.05, 0.1) is 37.4 Å². The van der Waals surface area contributed by atoms with Crippen molar-refractivity contribution >= 4 is 15.9 Å². The number of ether oxygens (including phenoxy) is 1. The molecule has 0 unspecified atom stereocenters. The first-order valence-corrected chi connectivity index (χ1v) is 16.2. The number of halogens is 3. The van der Waals surface area contributed by atoms with Gasteiger partial charge in [0.15, 0.2) is 11.6 Å². The van der Waals surface area contributed by atoms with Crippen molar-refractivity contribution in [2.75, 3.05) is 7.11 Å². The molecule has 8 aromatic heterocycles. The van der Waals surface area contributed by atoms with Gasteiger partial charge in [-0.05, 0) is 35.9 Å². The maximum absolute atomic E-state index is 13.2. The summed E-state index contributed by atoms with van der Waals surface area (Å²) in [5, 5.41) is 19.8. The van der Waals surface area contributed by atoms with Crippen molar-refractivity contribution in [3.63, 3.8) is 0 Å². The molecule has 0 atom stereocenters. The number of hydrogen-bond donors (Lipinski definition) is 2. The molecule has 0 aromatic carbocycles. The molecule has 0 saturated carbocycles. The smallest absolute Gasteiger partial charge is 0.287 e. The Kier molecular flexibility index (Phi) is 11.3. The molecule has 52 heavy (non-hydrogen) atoms. The number of rotatable bonds is 8. The van der Waals surface area contributed by atoms with E-state index in [1.807, 2.05) is 36.5 Å². The number of alkyl halides is 1. The van der Waals surface area contributed by atoms with E-state index in [4.69, 9.17) is 13.8 Å². The van der Waals surface area contributed by atoms with Gasteiger partial charge in [0.1, 0.15) is 41.0 Å². The Morgan fingerprint density at radius 3 is 2.33 bits per heavy atom. The Bertz CT molecular complexity index is 2370. The molecule has 0 radical (unpaired) electrons. The quantitative estimate of drug-likeness (QED) is 0.183. The van der Waals surface area contributed by atoms with Gasteiger partial charge < -0.3 is 18.8 Å². The van der Waals surface area contributed by atoms with Crippen molar-refractivity contribution in [3.8, 4) is 51.7 Å². The molecule has 0 aliphatic rings. The Hall–Kier alpha value is -6.76. The van der Waals surface area contributed by atoms with Crippen molar-refractivity contribution in [2.45, 2.75) is 11.9 Å². The van der Waals surface area contributed by atoms with E-state index in [-0.39, 0.29) is 17.5 Å². The number of pyridine rings is 2. The first-order valence-electron chi connectivity index (χ1n) is 15.0. The minimum atomic E-state index is -0.951. The molecule has 0 aliphatic heterocycles. The predicted octanol–water partition coefficient (Wildman–Crippen LogP) is 5.52. The van der Waals surface area contributed by atoms with E-state index in [0.717, 1.165) is 23.4 Å². The van der Waals surface area contributed by atoms with Gasteiger partial charge in [0, 0.05) is 36.1 Å². The Balaban J connectivity index is 0.000000151. The van der Waals surface area contributed by atoms with E-state index in [0.29, 0.717) is 40.7 Å². The minimum Gasteiger partial charge on any atom is -0.479 e. The molecule has 0 fully saturated rings. The monoisotopic (exact) mass is 770 g/mol. The Morgan fingerprint density at radius 2 is 1.67 bits per heavy atom. The number of aromatic nitrogens is 12. The first kappa shape index (κ1) is 35.1. The summed E-state index contributed by atoms with van der Waals surface area (Å²) >= 11 is 3.32. The standard InChI is InChI=1S/C16H11FN6O2.C11H8FN5O2.C6H6BrN/c17-11-8-19-15(20-16(11)24)13-7-14(12-4-6-25-22-12)23(21-13)9-10-3-1-2-5-18-10;1-18-11-6(12)5-13-10(14-11)9-4-8(15-16-9)7-2-3-19-17-7;7-4-6-2-1-3-8-5-6/h1-8H,9H2,(H,19,20,24);2-5H,1H3,(H,15,16);1-3,5H,4H2. The van der Waals surface area contributed by atoms with Crippen LogP contribution in [0.4, 0.5) is 8.78 Å². The predicted molar refractivity (Wildman–Crippen MR) is 183 cm³/mol. The number of H-pyrrole nitrogens is 2. The summed E-state index contributed by atoms with van der Waals surface area (Å²) in [6.07, 6.45) is 10.1. The first-order chi connectivity index (χ1) is 25.4. The second-order valence-electron chi connectivity index (χ2n) is 10.3. The van der Waals surface area contributed by atoms with E-state index >= 15 is 0 Å². The van der Waals surface area contributed by atoms with Crippen LogP contribution in [0.2, 0.25) is 0 Å². The zero-order valence-corrected chi connectivity index (χ0v) is 28.5. The average Bonchev–Trinajstić information content (AvgIpc) is 4.02. The van der Waals surface area contributed by atoms with Crippen LogP contribution in [0, 0.1) is 11.6 Å². The zero-order valence-electron chi connectivity index (χ0n) is 26.9. The van der Waals surface area contributed by atoms with Gasteiger partial charge in [0.2, 0.25) is 11.6 Å². The van der Waals surface area contributed by atoms with Crippen molar-refractivity contribution in [2.24, 2.45) is 0 Å². The van der Waals surface area contributed by atoms with Gasteiger partial charge in [-0.15, -0.1) is 0 Å². The van der Waals surface area contributed by atoms with Crippen LogP contribution in [0.15, 0.2) is 112 Å². The molecule has 0 spiro atoms. The number of aromatic amines is 2. The topological polar surface area (TPSA) is 205 Å². The second kappa shape index (κ2) is 16.8. The molecule has 8 rings (SSSR count). The van der Waals surface area contributed by atoms with E-state index < -0.39 is 17.2 Å². The Morgan fingerprint density at radius 1 is 0.865 bits per heavy atom. The molecule has 19 heteroatoms. The molecule has 8 heterocycles. The lowest BCUT2D eigenvalue weighted by molar-refractivity contribution is 0.367. The van der Waals surface area contributed by atoms with E-state index in [1.54, 1.807) is 41.3 Å². The fraction of sp³-hybridized carbons (Fsp3) is 0.0909. The van der Waals surface area contributed by atoms with Crippen molar-refractivity contribution in [3.05, 3.63) is 131 Å². The van der Waals surface area contributed by atoms with Crippen LogP contribution in [0.5, 0.6) is 5.88 Å². The molecule has 2 N–H and O–H groups in total. The minimum absolute atomic E-state index is 0.123. The summed E-state index contributed by atoms with van der Waals surface area (Å²) in [6, 6.07) is 16.3. The normalized spacial score (nSPS) is 10.5. The van der Waals surface area contributed by atoms with Crippen LogP contribution in [0.1, 0.15) is 11.3 Å². The van der Waals surface area contributed by atoms with Crippen LogP contribution in [-0.2, 0) is 11.9 Å². The largest absolute Gasteiger partial charge is 0.479 e. The molecular formula is C33H25BrF2N12O4. The van der Waals surface area contributed by atoms with Crippen LogP contribution in [0.3, 0.4) is 0 Å². The molecule has 262 valence electrons. The van der Waals surface area contributed by atoms with Crippen molar-refractivity contribution in [1.29, 1.82) is 0 Å². The van der Waals surface area contributed by atoms with E-state index in [2.05, 4.69) is 71.4 Å². The van der Waals surface area contributed by atoms with Crippen LogP contribution in [0.25, 0.3) is 45.8 Å². The van der Waals surface area contributed by atoms with Gasteiger partial charge >= 0.3 is 0 Å². The summed E-state index contributed by atoms with van der Waals surface area (Å²) in [6.45, 7) is 0.383. The lowest BCUT2D eigenvalue weighted by Crippen LogP contribution is -2.12. The summed E-state index contributed by atoms with van der Waals surface area (Å²) < 4.78 is 42.5. The third kappa shape index (κ3) is 8.69. The lowest BCUT2D eigenvalue weighted by Gasteiger charge is -2.04. The third-order valence-corrected chi connectivity index (χ3v) is 7.47. The second-order valence-corrected chi connectivity index (χ2v) is 10.8. The zero-order chi connectivity index (χ0) is 36.3. The van der Waals surface area contributed by atoms with Gasteiger partial charge in [-0.1, -0.05) is 38.4 Å². The fourth-order valence-corrected chi connectivity index (χ4v) is 4.70. The highest BCUT2D eigenvalue weighted by Crippen LogP contribution is 2.24. The lowest BCUT2D eigenvalue weighted by atomic mass is 10.2. The number of nitrogens with one attached hydrogen (secondary N) is 2. The molecule has 8 aromatic rings. The van der Waals surface area contributed by atoms with Crippen LogP contribution < -0.4 is 10.3 Å². The number of nitrogens with zero attached hydrogens (tertiary/aromatic N) is 10.